The molecule has 1 atom stereocenters. The number of ether oxygens (including phenoxy) is 1. The first-order chi connectivity index (χ1) is 12.0. The van der Waals surface area contributed by atoms with Gasteiger partial charge in [0.25, 0.3) is 0 Å². The predicted octanol–water partition coefficient (Wildman–Crippen LogP) is 3.70. The first kappa shape index (κ1) is 17.3. The third kappa shape index (κ3) is 4.13. The van der Waals surface area contributed by atoms with E-state index in [9.17, 15) is 0 Å². The second-order valence-electron chi connectivity index (χ2n) is 7.33. The zero-order valence-electron chi connectivity index (χ0n) is 15.3. The van der Waals surface area contributed by atoms with E-state index in [0.717, 1.165) is 17.7 Å². The van der Waals surface area contributed by atoms with Crippen LogP contribution in [0.5, 0.6) is 5.75 Å². The number of benzene rings is 2. The largest absolute Gasteiger partial charge is 0.493 e. The second-order valence-corrected chi connectivity index (χ2v) is 7.33. The van der Waals surface area contributed by atoms with Crippen LogP contribution in [0.3, 0.4) is 0 Å². The number of nitrogens with zero attached hydrogens (tertiary/aromatic N) is 1. The van der Waals surface area contributed by atoms with E-state index in [1.54, 1.807) is 0 Å². The van der Waals surface area contributed by atoms with Crippen LogP contribution < -0.4 is 15.8 Å². The van der Waals surface area contributed by atoms with Crippen LogP contribution in [-0.4, -0.2) is 19.1 Å². The monoisotopic (exact) mass is 337 g/mol. The lowest BCUT2D eigenvalue weighted by Crippen LogP contribution is -2.38. The fraction of sp³-hybridized carbons (Fsp3) is 0.381. The Balaban J connectivity index is 1.68. The molecule has 1 heterocycles. The second kappa shape index (κ2) is 7.18. The van der Waals surface area contributed by atoms with Crippen molar-refractivity contribution in [3.63, 3.8) is 0 Å². The van der Waals surface area contributed by atoms with Gasteiger partial charge >= 0.3 is 0 Å². The lowest BCUT2D eigenvalue weighted by atomic mass is 9.84. The zero-order chi connectivity index (χ0) is 17.9. The lowest BCUT2D eigenvalue weighted by molar-refractivity contribution is 0.262. The van der Waals surface area contributed by atoms with E-state index >= 15 is 0 Å². The number of rotatable bonds is 4. The van der Waals surface area contributed by atoms with Crippen molar-refractivity contribution in [3.8, 4) is 5.75 Å². The molecule has 0 radical (unpaired) electrons. The molecule has 0 aliphatic carbocycles. The third-order valence-corrected chi connectivity index (χ3v) is 4.72. The molecule has 2 aromatic carbocycles. The molecule has 0 spiro atoms. The maximum atomic E-state index is 6.17. The van der Waals surface area contributed by atoms with Crippen molar-refractivity contribution in [1.29, 1.82) is 0 Å². The van der Waals surface area contributed by atoms with Gasteiger partial charge in [0.1, 0.15) is 5.75 Å². The molecule has 0 fully saturated rings. The predicted molar refractivity (Wildman–Crippen MR) is 103 cm³/mol. The molecule has 0 amide bonds. The van der Waals surface area contributed by atoms with Crippen molar-refractivity contribution in [2.45, 2.75) is 38.6 Å². The number of fused-ring (bicyclic) bond motifs is 1. The van der Waals surface area contributed by atoms with E-state index < -0.39 is 0 Å². The molecule has 1 aliphatic rings. The standard InChI is InChI=1S/C21H27N3O/c1-15-7-6-8-16(13-15)21(2,3)14-23-20(22)24-18-11-12-25-19-10-5-4-9-17(18)19/h4-10,13,18H,11-12,14H2,1-3H3,(H3,22,23,24). The van der Waals surface area contributed by atoms with Crippen LogP contribution in [0.2, 0.25) is 0 Å². The molecule has 4 nitrogen and oxygen atoms in total. The summed E-state index contributed by atoms with van der Waals surface area (Å²) in [5, 5.41) is 3.36. The molecular weight excluding hydrogens is 310 g/mol. The third-order valence-electron chi connectivity index (χ3n) is 4.72. The smallest absolute Gasteiger partial charge is 0.189 e. The van der Waals surface area contributed by atoms with Crippen LogP contribution in [0.15, 0.2) is 53.5 Å². The lowest BCUT2D eigenvalue weighted by Gasteiger charge is -2.28. The molecule has 0 saturated carbocycles. The van der Waals surface area contributed by atoms with Gasteiger partial charge in [0, 0.05) is 17.4 Å². The molecule has 2 aromatic rings. The van der Waals surface area contributed by atoms with Gasteiger partial charge in [-0.1, -0.05) is 61.9 Å². The van der Waals surface area contributed by atoms with Crippen molar-refractivity contribution in [2.24, 2.45) is 10.7 Å². The molecule has 4 heteroatoms. The average molecular weight is 337 g/mol. The average Bonchev–Trinajstić information content (AvgIpc) is 2.60. The first-order valence-corrected chi connectivity index (χ1v) is 8.81. The normalized spacial score (nSPS) is 17.6. The first-order valence-electron chi connectivity index (χ1n) is 8.81. The van der Waals surface area contributed by atoms with Gasteiger partial charge in [-0.2, -0.15) is 0 Å². The number of aliphatic imine (C=N–C) groups is 1. The highest BCUT2D eigenvalue weighted by molar-refractivity contribution is 5.78. The summed E-state index contributed by atoms with van der Waals surface area (Å²) in [4.78, 5) is 4.61. The molecular formula is C21H27N3O. The number of para-hydroxylation sites is 1. The van der Waals surface area contributed by atoms with Crippen LogP contribution in [0.25, 0.3) is 0 Å². The number of guanidine groups is 1. The Kier molecular flexibility index (Phi) is 4.98. The van der Waals surface area contributed by atoms with Gasteiger partial charge in [0.15, 0.2) is 5.96 Å². The fourth-order valence-corrected chi connectivity index (χ4v) is 3.16. The number of aryl methyl sites for hydroxylation is 1. The topological polar surface area (TPSA) is 59.6 Å². The fourth-order valence-electron chi connectivity index (χ4n) is 3.16. The summed E-state index contributed by atoms with van der Waals surface area (Å²) in [7, 11) is 0. The quantitative estimate of drug-likeness (QED) is 0.660. The van der Waals surface area contributed by atoms with E-state index in [0.29, 0.717) is 19.1 Å². The van der Waals surface area contributed by atoms with E-state index in [2.05, 4.69) is 61.4 Å². The maximum absolute atomic E-state index is 6.17. The highest BCUT2D eigenvalue weighted by Crippen LogP contribution is 2.31. The molecule has 3 N–H and O–H groups in total. The van der Waals surface area contributed by atoms with Gasteiger partial charge in [0.05, 0.1) is 19.2 Å². The Labute approximate surface area is 150 Å². The van der Waals surface area contributed by atoms with Gasteiger partial charge < -0.3 is 15.8 Å². The minimum absolute atomic E-state index is 0.0636. The summed E-state index contributed by atoms with van der Waals surface area (Å²) in [6.45, 7) is 7.84. The van der Waals surface area contributed by atoms with Crippen molar-refractivity contribution in [1.82, 2.24) is 5.32 Å². The molecule has 0 saturated heterocycles. The Hall–Kier alpha value is -2.49. The zero-order valence-corrected chi connectivity index (χ0v) is 15.3. The molecule has 25 heavy (non-hydrogen) atoms. The summed E-state index contributed by atoms with van der Waals surface area (Å²) < 4.78 is 5.70. The Morgan fingerprint density at radius 1 is 1.24 bits per heavy atom. The van der Waals surface area contributed by atoms with Crippen LogP contribution >= 0.6 is 0 Å². The Morgan fingerprint density at radius 2 is 2.04 bits per heavy atom. The van der Waals surface area contributed by atoms with Gasteiger partial charge in [-0.3, -0.25) is 4.99 Å². The minimum atomic E-state index is -0.0636. The molecule has 0 aromatic heterocycles. The Morgan fingerprint density at radius 3 is 2.84 bits per heavy atom. The van der Waals surface area contributed by atoms with Crippen molar-refractivity contribution >= 4 is 5.96 Å². The Bertz CT molecular complexity index is 767. The molecule has 132 valence electrons. The molecule has 3 rings (SSSR count). The van der Waals surface area contributed by atoms with Crippen LogP contribution in [0.4, 0.5) is 0 Å². The molecule has 1 aliphatic heterocycles. The van der Waals surface area contributed by atoms with Crippen LogP contribution in [0.1, 0.15) is 43.0 Å². The highest BCUT2D eigenvalue weighted by Gasteiger charge is 2.23. The van der Waals surface area contributed by atoms with Crippen molar-refractivity contribution in [2.75, 3.05) is 13.2 Å². The summed E-state index contributed by atoms with van der Waals surface area (Å²) in [6.07, 6.45) is 0.883. The summed E-state index contributed by atoms with van der Waals surface area (Å²) >= 11 is 0. The van der Waals surface area contributed by atoms with E-state index in [-0.39, 0.29) is 11.5 Å². The summed E-state index contributed by atoms with van der Waals surface area (Å²) in [5.74, 6) is 1.42. The molecule has 0 bridgehead atoms. The van der Waals surface area contributed by atoms with Crippen LogP contribution in [-0.2, 0) is 5.41 Å². The van der Waals surface area contributed by atoms with Gasteiger partial charge in [-0.25, -0.2) is 0 Å². The number of nitrogens with two attached hydrogens (primary N) is 1. The maximum Gasteiger partial charge on any atom is 0.189 e. The van der Waals surface area contributed by atoms with Crippen LogP contribution in [0, 0.1) is 6.92 Å². The van der Waals surface area contributed by atoms with Gasteiger partial charge in [0.2, 0.25) is 0 Å². The van der Waals surface area contributed by atoms with Gasteiger partial charge in [-0.15, -0.1) is 0 Å². The minimum Gasteiger partial charge on any atom is -0.493 e. The van der Waals surface area contributed by atoms with E-state index in [1.807, 2.05) is 18.2 Å². The number of hydrogen-bond acceptors (Lipinski definition) is 2. The van der Waals surface area contributed by atoms with Crippen molar-refractivity contribution in [3.05, 3.63) is 65.2 Å². The molecule has 1 unspecified atom stereocenters. The van der Waals surface area contributed by atoms with Crippen molar-refractivity contribution < 1.29 is 4.74 Å². The summed E-state index contributed by atoms with van der Waals surface area (Å²) in [6, 6.07) is 16.8. The van der Waals surface area contributed by atoms with E-state index in [4.69, 9.17) is 10.5 Å². The highest BCUT2D eigenvalue weighted by atomic mass is 16.5. The van der Waals surface area contributed by atoms with E-state index in [1.165, 1.54) is 11.1 Å². The SMILES string of the molecule is Cc1cccc(C(C)(C)CN=C(N)NC2CCOc3ccccc32)c1. The summed E-state index contributed by atoms with van der Waals surface area (Å²) in [5.41, 5.74) is 9.80. The number of nitrogens with one attached hydrogen (secondary N) is 1. The number of hydrogen-bond donors (Lipinski definition) is 2. The van der Waals surface area contributed by atoms with Gasteiger partial charge in [-0.05, 0) is 18.6 Å².